The number of benzene rings is 1. The quantitative estimate of drug-likeness (QED) is 0.641. The fraction of sp³-hybridized carbons (Fsp3) is 0.222. The van der Waals surface area contributed by atoms with Gasteiger partial charge in [0.05, 0.1) is 11.6 Å². The third kappa shape index (κ3) is 2.01. The van der Waals surface area contributed by atoms with E-state index in [0.29, 0.717) is 17.0 Å². The number of ketones is 1. The van der Waals surface area contributed by atoms with Gasteiger partial charge < -0.3 is 10.5 Å². The minimum atomic E-state index is -0.0548. The molecule has 0 saturated heterocycles. The van der Waals surface area contributed by atoms with E-state index in [-0.39, 0.29) is 5.78 Å². The molecule has 0 unspecified atom stereocenters. The summed E-state index contributed by atoms with van der Waals surface area (Å²) in [5.41, 5.74) is 6.59. The summed E-state index contributed by atoms with van der Waals surface area (Å²) in [6.07, 6.45) is 0. The molecule has 70 valence electrons. The molecular weight excluding hydrogens is 234 g/mol. The highest BCUT2D eigenvalue weighted by molar-refractivity contribution is 9.10. The van der Waals surface area contributed by atoms with Gasteiger partial charge in [-0.05, 0) is 28.9 Å². The van der Waals surface area contributed by atoms with Crippen molar-refractivity contribution in [2.75, 3.05) is 12.8 Å². The first kappa shape index (κ1) is 10.1. The van der Waals surface area contributed by atoms with E-state index in [1.807, 2.05) is 0 Å². The first-order valence-electron chi connectivity index (χ1n) is 3.70. The summed E-state index contributed by atoms with van der Waals surface area (Å²) >= 11 is 3.28. The van der Waals surface area contributed by atoms with Crippen molar-refractivity contribution in [3.05, 3.63) is 22.2 Å². The number of carbonyl (C=O) groups is 1. The molecule has 0 amide bonds. The monoisotopic (exact) mass is 243 g/mol. The van der Waals surface area contributed by atoms with Gasteiger partial charge in [-0.1, -0.05) is 0 Å². The number of ether oxygens (including phenoxy) is 1. The number of halogens is 1. The van der Waals surface area contributed by atoms with Gasteiger partial charge in [-0.3, -0.25) is 4.79 Å². The zero-order valence-electron chi connectivity index (χ0n) is 7.43. The van der Waals surface area contributed by atoms with Crippen LogP contribution in [0.15, 0.2) is 16.6 Å². The van der Waals surface area contributed by atoms with Gasteiger partial charge in [0, 0.05) is 17.3 Å². The molecule has 0 aromatic heterocycles. The van der Waals surface area contributed by atoms with Crippen molar-refractivity contribution in [3.8, 4) is 5.75 Å². The molecule has 0 fully saturated rings. The van der Waals surface area contributed by atoms with Gasteiger partial charge in [0.25, 0.3) is 0 Å². The van der Waals surface area contributed by atoms with E-state index >= 15 is 0 Å². The molecular formula is C9H10BrNO2. The number of rotatable bonds is 2. The summed E-state index contributed by atoms with van der Waals surface area (Å²) in [6.45, 7) is 1.48. The van der Waals surface area contributed by atoms with Crippen LogP contribution >= 0.6 is 15.9 Å². The Morgan fingerprint density at radius 2 is 2.15 bits per heavy atom. The average Bonchev–Trinajstić information content (AvgIpc) is 2.07. The molecule has 1 rings (SSSR count). The summed E-state index contributed by atoms with van der Waals surface area (Å²) < 4.78 is 5.75. The van der Waals surface area contributed by atoms with Gasteiger partial charge in [-0.2, -0.15) is 0 Å². The fourth-order valence-electron chi connectivity index (χ4n) is 1.03. The Morgan fingerprint density at radius 1 is 1.54 bits per heavy atom. The van der Waals surface area contributed by atoms with Gasteiger partial charge in [-0.25, -0.2) is 0 Å². The maximum atomic E-state index is 11.1. The largest absolute Gasteiger partial charge is 0.495 e. The van der Waals surface area contributed by atoms with Crippen LogP contribution in [0.25, 0.3) is 0 Å². The molecule has 0 aliphatic carbocycles. The van der Waals surface area contributed by atoms with E-state index in [9.17, 15) is 4.79 Å². The van der Waals surface area contributed by atoms with Crippen molar-refractivity contribution in [3.63, 3.8) is 0 Å². The maximum absolute atomic E-state index is 11.1. The number of carbonyl (C=O) groups excluding carboxylic acids is 1. The van der Waals surface area contributed by atoms with Gasteiger partial charge in [0.2, 0.25) is 0 Å². The zero-order chi connectivity index (χ0) is 10.0. The van der Waals surface area contributed by atoms with Crippen LogP contribution in [0.4, 0.5) is 5.69 Å². The van der Waals surface area contributed by atoms with Crippen LogP contribution in [0.2, 0.25) is 0 Å². The lowest BCUT2D eigenvalue weighted by atomic mass is 10.1. The number of anilines is 1. The van der Waals surface area contributed by atoms with E-state index in [2.05, 4.69) is 15.9 Å². The Kier molecular flexibility index (Phi) is 2.93. The molecule has 0 aliphatic heterocycles. The van der Waals surface area contributed by atoms with E-state index < -0.39 is 0 Å². The number of nitrogens with two attached hydrogens (primary N) is 1. The molecule has 0 atom stereocenters. The van der Waals surface area contributed by atoms with Crippen LogP contribution in [0, 0.1) is 0 Å². The maximum Gasteiger partial charge on any atom is 0.161 e. The number of nitrogen functional groups attached to an aromatic ring is 1. The molecule has 0 spiro atoms. The molecule has 1 aromatic carbocycles. The van der Waals surface area contributed by atoms with Crippen LogP contribution in [0.1, 0.15) is 17.3 Å². The number of hydrogen-bond acceptors (Lipinski definition) is 3. The molecule has 13 heavy (non-hydrogen) atoms. The standard InChI is InChI=1S/C9H10BrNO2/c1-5(12)6-3-7(10)9(13-2)4-8(6)11/h3-4H,11H2,1-2H3. The van der Waals surface area contributed by atoms with Crippen LogP contribution < -0.4 is 10.5 Å². The zero-order valence-corrected chi connectivity index (χ0v) is 9.01. The molecule has 0 bridgehead atoms. The predicted octanol–water partition coefficient (Wildman–Crippen LogP) is 2.24. The molecule has 0 radical (unpaired) electrons. The highest BCUT2D eigenvalue weighted by Gasteiger charge is 2.09. The van der Waals surface area contributed by atoms with Gasteiger partial charge in [-0.15, -0.1) is 0 Å². The second kappa shape index (κ2) is 3.79. The SMILES string of the molecule is COc1cc(N)c(C(C)=O)cc1Br. The second-order valence-corrected chi connectivity index (χ2v) is 3.48. The summed E-state index contributed by atoms with van der Waals surface area (Å²) in [5, 5.41) is 0. The van der Waals surface area contributed by atoms with E-state index in [1.165, 1.54) is 6.92 Å². The van der Waals surface area contributed by atoms with E-state index in [1.54, 1.807) is 19.2 Å². The van der Waals surface area contributed by atoms with Crippen molar-refractivity contribution < 1.29 is 9.53 Å². The van der Waals surface area contributed by atoms with Gasteiger partial charge >= 0.3 is 0 Å². The summed E-state index contributed by atoms with van der Waals surface area (Å²) in [4.78, 5) is 11.1. The summed E-state index contributed by atoms with van der Waals surface area (Å²) in [7, 11) is 1.55. The van der Waals surface area contributed by atoms with Crippen molar-refractivity contribution in [1.82, 2.24) is 0 Å². The molecule has 1 aromatic rings. The van der Waals surface area contributed by atoms with Crippen molar-refractivity contribution in [1.29, 1.82) is 0 Å². The number of hydrogen-bond donors (Lipinski definition) is 1. The number of Topliss-reactive ketones (excluding diaryl/α,β-unsaturated/α-hetero) is 1. The first-order valence-corrected chi connectivity index (χ1v) is 4.49. The predicted molar refractivity (Wildman–Crippen MR) is 55.1 cm³/mol. The van der Waals surface area contributed by atoms with Crippen molar-refractivity contribution >= 4 is 27.4 Å². The van der Waals surface area contributed by atoms with Crippen molar-refractivity contribution in [2.45, 2.75) is 6.92 Å². The van der Waals surface area contributed by atoms with Crippen LogP contribution in [-0.2, 0) is 0 Å². The molecule has 0 aliphatic rings. The van der Waals surface area contributed by atoms with Gasteiger partial charge in [0.15, 0.2) is 5.78 Å². The average molecular weight is 244 g/mol. The topological polar surface area (TPSA) is 52.3 Å². The number of methoxy groups -OCH3 is 1. The summed E-state index contributed by atoms with van der Waals surface area (Å²) in [6, 6.07) is 3.29. The Hall–Kier alpha value is -1.03. The van der Waals surface area contributed by atoms with E-state index in [0.717, 1.165) is 4.47 Å². The lowest BCUT2D eigenvalue weighted by Gasteiger charge is -2.07. The molecule has 0 heterocycles. The van der Waals surface area contributed by atoms with Crippen LogP contribution in [0.3, 0.4) is 0 Å². The molecule has 0 saturated carbocycles. The second-order valence-electron chi connectivity index (χ2n) is 2.63. The third-order valence-electron chi connectivity index (χ3n) is 1.70. The van der Waals surface area contributed by atoms with Gasteiger partial charge in [0.1, 0.15) is 5.75 Å². The Balaban J connectivity index is 3.28. The third-order valence-corrected chi connectivity index (χ3v) is 2.32. The highest BCUT2D eigenvalue weighted by atomic mass is 79.9. The fourth-order valence-corrected chi connectivity index (χ4v) is 1.54. The van der Waals surface area contributed by atoms with Crippen LogP contribution in [-0.4, -0.2) is 12.9 Å². The lowest BCUT2D eigenvalue weighted by molar-refractivity contribution is 0.101. The minimum Gasteiger partial charge on any atom is -0.495 e. The minimum absolute atomic E-state index is 0.0548. The lowest BCUT2D eigenvalue weighted by Crippen LogP contribution is -2.00. The highest BCUT2D eigenvalue weighted by Crippen LogP contribution is 2.29. The molecule has 3 nitrogen and oxygen atoms in total. The summed E-state index contributed by atoms with van der Waals surface area (Å²) in [5.74, 6) is 0.573. The van der Waals surface area contributed by atoms with Crippen LogP contribution in [0.5, 0.6) is 5.75 Å². The van der Waals surface area contributed by atoms with Crippen molar-refractivity contribution in [2.24, 2.45) is 0 Å². The molecule has 2 N–H and O–H groups in total. The normalized spacial score (nSPS) is 9.77. The Labute approximate surface area is 85.0 Å². The Morgan fingerprint density at radius 3 is 2.62 bits per heavy atom. The molecule has 4 heteroatoms. The first-order chi connectivity index (χ1) is 6.06. The smallest absolute Gasteiger partial charge is 0.161 e. The van der Waals surface area contributed by atoms with E-state index in [4.69, 9.17) is 10.5 Å². The Bertz CT molecular complexity index is 350.